The van der Waals surface area contributed by atoms with E-state index in [-0.39, 0.29) is 0 Å². The molecule has 2 bridgehead atoms. The standard InChI is InChI=1S/C20H21N3O/c21-13-17-10-16(8-9-22-17)20(24)11-18-6-7-19(12-20)23(18)14-15-4-2-1-3-5-15/h1-5,8-10,18-19,24H,6-7,11-12,14H2. The van der Waals surface area contributed by atoms with Gasteiger partial charge in [0, 0.05) is 24.8 Å². The number of piperidine rings is 1. The number of hydrogen-bond donors (Lipinski definition) is 1. The number of aliphatic hydroxyl groups is 1. The van der Waals surface area contributed by atoms with Gasteiger partial charge in [-0.3, -0.25) is 4.90 Å². The molecule has 2 unspecified atom stereocenters. The summed E-state index contributed by atoms with van der Waals surface area (Å²) in [5.41, 5.74) is 1.70. The minimum atomic E-state index is -0.840. The maximum Gasteiger partial charge on any atom is 0.140 e. The molecule has 1 aromatic heterocycles. The van der Waals surface area contributed by atoms with Crippen molar-refractivity contribution in [3.8, 4) is 6.07 Å². The summed E-state index contributed by atoms with van der Waals surface area (Å²) in [6.07, 6.45) is 5.35. The first-order chi connectivity index (χ1) is 11.7. The van der Waals surface area contributed by atoms with Crippen LogP contribution in [0.4, 0.5) is 0 Å². The van der Waals surface area contributed by atoms with E-state index in [0.29, 0.717) is 17.8 Å². The molecule has 1 N–H and O–H groups in total. The SMILES string of the molecule is N#Cc1cc(C2(O)CC3CCC(C2)N3Cc2ccccc2)ccn1. The summed E-state index contributed by atoms with van der Waals surface area (Å²) in [5.74, 6) is 0. The Morgan fingerprint density at radius 2 is 1.88 bits per heavy atom. The van der Waals surface area contributed by atoms with Gasteiger partial charge in [-0.2, -0.15) is 5.26 Å². The highest BCUT2D eigenvalue weighted by molar-refractivity contribution is 5.31. The fourth-order valence-corrected chi connectivity index (χ4v) is 4.39. The van der Waals surface area contributed by atoms with Crippen molar-refractivity contribution in [2.24, 2.45) is 0 Å². The molecule has 0 amide bonds. The van der Waals surface area contributed by atoms with Gasteiger partial charge in [0.1, 0.15) is 11.8 Å². The highest BCUT2D eigenvalue weighted by atomic mass is 16.3. The summed E-state index contributed by atoms with van der Waals surface area (Å²) in [5, 5.41) is 20.3. The van der Waals surface area contributed by atoms with Crippen LogP contribution in [0.2, 0.25) is 0 Å². The summed E-state index contributed by atoms with van der Waals surface area (Å²) in [4.78, 5) is 6.58. The monoisotopic (exact) mass is 319 g/mol. The van der Waals surface area contributed by atoms with Crippen molar-refractivity contribution in [1.29, 1.82) is 5.26 Å². The number of rotatable bonds is 3. The Hall–Kier alpha value is -2.22. The Morgan fingerprint density at radius 1 is 1.17 bits per heavy atom. The Labute approximate surface area is 142 Å². The van der Waals surface area contributed by atoms with Crippen LogP contribution in [0.3, 0.4) is 0 Å². The molecule has 2 aromatic rings. The van der Waals surface area contributed by atoms with Crippen molar-refractivity contribution in [1.82, 2.24) is 9.88 Å². The lowest BCUT2D eigenvalue weighted by Crippen LogP contribution is -2.49. The number of aromatic nitrogens is 1. The van der Waals surface area contributed by atoms with Gasteiger partial charge < -0.3 is 5.11 Å². The predicted molar refractivity (Wildman–Crippen MR) is 90.9 cm³/mol. The second kappa shape index (κ2) is 6.01. The van der Waals surface area contributed by atoms with Crippen molar-refractivity contribution >= 4 is 0 Å². The van der Waals surface area contributed by atoms with Gasteiger partial charge in [0.05, 0.1) is 5.60 Å². The highest BCUT2D eigenvalue weighted by Gasteiger charge is 2.48. The van der Waals surface area contributed by atoms with Crippen LogP contribution in [0.5, 0.6) is 0 Å². The number of pyridine rings is 1. The van der Waals surface area contributed by atoms with Crippen LogP contribution in [-0.4, -0.2) is 27.1 Å². The van der Waals surface area contributed by atoms with Crippen LogP contribution in [0.1, 0.15) is 42.5 Å². The number of fused-ring (bicyclic) bond motifs is 2. The molecule has 24 heavy (non-hydrogen) atoms. The average molecular weight is 319 g/mol. The Kier molecular flexibility index (Phi) is 3.84. The molecule has 2 fully saturated rings. The zero-order valence-electron chi connectivity index (χ0n) is 13.6. The summed E-state index contributed by atoms with van der Waals surface area (Å²) in [6, 6.07) is 17.0. The third-order valence-electron chi connectivity index (χ3n) is 5.54. The number of hydrogen-bond acceptors (Lipinski definition) is 4. The summed E-state index contributed by atoms with van der Waals surface area (Å²) < 4.78 is 0. The molecule has 2 aliphatic rings. The van der Waals surface area contributed by atoms with E-state index in [4.69, 9.17) is 5.26 Å². The fourth-order valence-electron chi connectivity index (χ4n) is 4.39. The van der Waals surface area contributed by atoms with Crippen molar-refractivity contribution in [3.63, 3.8) is 0 Å². The van der Waals surface area contributed by atoms with Crippen molar-refractivity contribution < 1.29 is 5.11 Å². The zero-order chi connectivity index (χ0) is 16.6. The van der Waals surface area contributed by atoms with E-state index >= 15 is 0 Å². The van der Waals surface area contributed by atoms with E-state index in [1.165, 1.54) is 5.56 Å². The van der Waals surface area contributed by atoms with Crippen molar-refractivity contribution in [3.05, 3.63) is 65.5 Å². The van der Waals surface area contributed by atoms with E-state index in [1.54, 1.807) is 12.3 Å². The summed E-state index contributed by atoms with van der Waals surface area (Å²) in [7, 11) is 0. The van der Waals surface area contributed by atoms with Crippen molar-refractivity contribution in [2.45, 2.75) is 49.9 Å². The quantitative estimate of drug-likeness (QED) is 0.945. The highest BCUT2D eigenvalue weighted by Crippen LogP contribution is 2.46. The predicted octanol–water partition coefficient (Wildman–Crippen LogP) is 2.97. The maximum atomic E-state index is 11.3. The van der Waals surface area contributed by atoms with Crippen LogP contribution in [0, 0.1) is 11.3 Å². The first-order valence-electron chi connectivity index (χ1n) is 8.57. The van der Waals surface area contributed by atoms with Gasteiger partial charge >= 0.3 is 0 Å². The number of benzene rings is 1. The van der Waals surface area contributed by atoms with Crippen molar-refractivity contribution in [2.75, 3.05) is 0 Å². The molecular formula is C20H21N3O. The van der Waals surface area contributed by atoms with Gasteiger partial charge in [-0.25, -0.2) is 4.98 Å². The molecule has 0 spiro atoms. The smallest absolute Gasteiger partial charge is 0.140 e. The second-order valence-corrected chi connectivity index (χ2v) is 7.02. The number of nitriles is 1. The Morgan fingerprint density at radius 3 is 2.54 bits per heavy atom. The van der Waals surface area contributed by atoms with E-state index < -0.39 is 5.60 Å². The largest absolute Gasteiger partial charge is 0.385 e. The molecule has 4 rings (SSSR count). The minimum absolute atomic E-state index is 0.375. The second-order valence-electron chi connectivity index (χ2n) is 7.02. The van der Waals surface area contributed by atoms with Gasteiger partial charge in [-0.05, 0) is 48.9 Å². The van der Waals surface area contributed by atoms with Gasteiger partial charge in [0.2, 0.25) is 0 Å². The lowest BCUT2D eigenvalue weighted by molar-refractivity contribution is -0.0595. The Bertz CT molecular complexity index is 754. The van der Waals surface area contributed by atoms with Crippen LogP contribution in [0.25, 0.3) is 0 Å². The lowest BCUT2D eigenvalue weighted by Gasteiger charge is -2.44. The van der Waals surface area contributed by atoms with Crippen LogP contribution in [-0.2, 0) is 12.1 Å². The molecule has 4 nitrogen and oxygen atoms in total. The average Bonchev–Trinajstić information content (AvgIpc) is 2.86. The van der Waals surface area contributed by atoms with E-state index in [1.807, 2.05) is 12.1 Å². The molecule has 0 radical (unpaired) electrons. The summed E-state index contributed by atoms with van der Waals surface area (Å²) >= 11 is 0. The van der Waals surface area contributed by atoms with Gasteiger partial charge in [0.15, 0.2) is 0 Å². The molecule has 3 heterocycles. The van der Waals surface area contributed by atoms with E-state index in [0.717, 1.165) is 37.8 Å². The molecule has 1 aromatic carbocycles. The molecular weight excluding hydrogens is 298 g/mol. The maximum absolute atomic E-state index is 11.3. The molecule has 122 valence electrons. The topological polar surface area (TPSA) is 60.1 Å². The summed E-state index contributed by atoms with van der Waals surface area (Å²) in [6.45, 7) is 0.950. The van der Waals surface area contributed by atoms with E-state index in [9.17, 15) is 5.11 Å². The van der Waals surface area contributed by atoms with Crippen LogP contribution in [0.15, 0.2) is 48.7 Å². The van der Waals surface area contributed by atoms with E-state index in [2.05, 4.69) is 40.2 Å². The number of nitrogens with zero attached hydrogens (tertiary/aromatic N) is 3. The van der Waals surface area contributed by atoms with Crippen LogP contribution < -0.4 is 0 Å². The Balaban J connectivity index is 1.56. The first kappa shape index (κ1) is 15.3. The molecule has 2 saturated heterocycles. The molecule has 2 aliphatic heterocycles. The molecule has 0 saturated carbocycles. The van der Waals surface area contributed by atoms with Gasteiger partial charge in [-0.1, -0.05) is 30.3 Å². The fraction of sp³-hybridized carbons (Fsp3) is 0.400. The third kappa shape index (κ3) is 2.71. The normalized spacial score (nSPS) is 29.3. The molecule has 2 atom stereocenters. The first-order valence-corrected chi connectivity index (χ1v) is 8.57. The molecule has 4 heteroatoms. The van der Waals surface area contributed by atoms with Gasteiger partial charge in [0.25, 0.3) is 0 Å². The lowest BCUT2D eigenvalue weighted by atomic mass is 9.80. The minimum Gasteiger partial charge on any atom is -0.385 e. The zero-order valence-corrected chi connectivity index (χ0v) is 13.6. The third-order valence-corrected chi connectivity index (χ3v) is 5.54. The van der Waals surface area contributed by atoms with Crippen LogP contribution >= 0.6 is 0 Å². The van der Waals surface area contributed by atoms with Gasteiger partial charge in [-0.15, -0.1) is 0 Å². The molecule has 0 aliphatic carbocycles.